The monoisotopic (exact) mass is 258 g/mol. The van der Waals surface area contributed by atoms with Gasteiger partial charge in [-0.05, 0) is 5.56 Å². The molecule has 0 aliphatic carbocycles. The van der Waals surface area contributed by atoms with Crippen molar-refractivity contribution >= 4 is 11.9 Å². The van der Waals surface area contributed by atoms with Crippen LogP contribution in [0.3, 0.4) is 0 Å². The summed E-state index contributed by atoms with van der Waals surface area (Å²) >= 11 is 0. The summed E-state index contributed by atoms with van der Waals surface area (Å²) in [6.45, 7) is 0.569. The summed E-state index contributed by atoms with van der Waals surface area (Å²) in [5, 5.41) is 9.02. The third kappa shape index (κ3) is 2.47. The highest BCUT2D eigenvalue weighted by molar-refractivity contribution is 5.91. The van der Waals surface area contributed by atoms with E-state index in [1.54, 1.807) is 0 Å². The number of H-pyrrole nitrogens is 1. The highest BCUT2D eigenvalue weighted by Crippen LogP contribution is 2.25. The van der Waals surface area contributed by atoms with Crippen LogP contribution in [-0.2, 0) is 4.79 Å². The number of aromatic amines is 1. The molecule has 2 atom stereocenters. The Bertz CT molecular complexity index is 541. The zero-order valence-corrected chi connectivity index (χ0v) is 10.1. The molecule has 0 bridgehead atoms. The molecule has 2 aromatic rings. The van der Waals surface area contributed by atoms with Crippen molar-refractivity contribution in [3.8, 4) is 0 Å². The fourth-order valence-electron chi connectivity index (χ4n) is 2.19. The minimum absolute atomic E-state index is 0.0517. The molecule has 2 unspecified atom stereocenters. The standard InChI is InChI=1S/C12H14N6O/c19-11(16-12-13-7-15-18-12)9-6-14-17-10(9)8-4-2-1-3-5-8/h1-5,7,9-10,14,17H,6H2,(H2,13,15,16,18,19). The Kier molecular flexibility index (Phi) is 3.21. The van der Waals surface area contributed by atoms with E-state index in [1.807, 2.05) is 30.3 Å². The van der Waals surface area contributed by atoms with Gasteiger partial charge in [0.25, 0.3) is 0 Å². The summed E-state index contributed by atoms with van der Waals surface area (Å²) < 4.78 is 0. The Balaban J connectivity index is 1.74. The van der Waals surface area contributed by atoms with Gasteiger partial charge in [-0.2, -0.15) is 10.1 Å². The summed E-state index contributed by atoms with van der Waals surface area (Å²) in [7, 11) is 0. The summed E-state index contributed by atoms with van der Waals surface area (Å²) in [4.78, 5) is 16.1. The van der Waals surface area contributed by atoms with Gasteiger partial charge in [-0.25, -0.2) is 10.5 Å². The molecule has 1 aliphatic heterocycles. The second-order valence-electron chi connectivity index (χ2n) is 4.34. The maximum atomic E-state index is 12.2. The number of hydrogen-bond donors (Lipinski definition) is 4. The van der Waals surface area contributed by atoms with Crippen molar-refractivity contribution in [2.45, 2.75) is 6.04 Å². The second kappa shape index (κ2) is 5.17. The van der Waals surface area contributed by atoms with Crippen molar-refractivity contribution in [3.05, 3.63) is 42.2 Å². The smallest absolute Gasteiger partial charge is 0.233 e. The number of amides is 1. The summed E-state index contributed by atoms with van der Waals surface area (Å²) in [5.41, 5.74) is 7.23. The van der Waals surface area contributed by atoms with Crippen LogP contribution in [0.5, 0.6) is 0 Å². The van der Waals surface area contributed by atoms with Crippen molar-refractivity contribution in [2.75, 3.05) is 11.9 Å². The molecule has 0 saturated carbocycles. The van der Waals surface area contributed by atoms with Gasteiger partial charge >= 0.3 is 0 Å². The molecular weight excluding hydrogens is 244 g/mol. The van der Waals surface area contributed by atoms with Gasteiger partial charge in [0.15, 0.2) is 0 Å². The normalized spacial score (nSPS) is 22.3. The maximum Gasteiger partial charge on any atom is 0.233 e. The van der Waals surface area contributed by atoms with Crippen LogP contribution in [0.1, 0.15) is 11.6 Å². The number of hydrazine groups is 1. The Hall–Kier alpha value is -2.25. The minimum Gasteiger partial charge on any atom is -0.295 e. The Morgan fingerprint density at radius 1 is 1.32 bits per heavy atom. The zero-order valence-electron chi connectivity index (χ0n) is 10.1. The highest BCUT2D eigenvalue weighted by atomic mass is 16.2. The van der Waals surface area contributed by atoms with Crippen molar-refractivity contribution in [1.82, 2.24) is 26.0 Å². The van der Waals surface area contributed by atoms with Crippen LogP contribution in [0.15, 0.2) is 36.7 Å². The number of hydrogen-bond acceptors (Lipinski definition) is 5. The fourth-order valence-corrected chi connectivity index (χ4v) is 2.19. The first-order valence-corrected chi connectivity index (χ1v) is 6.04. The molecule has 1 aromatic carbocycles. The van der Waals surface area contributed by atoms with Gasteiger partial charge in [-0.15, -0.1) is 0 Å². The quantitative estimate of drug-likeness (QED) is 0.631. The lowest BCUT2D eigenvalue weighted by Crippen LogP contribution is -2.30. The van der Waals surface area contributed by atoms with Gasteiger partial charge in [0.2, 0.25) is 11.9 Å². The van der Waals surface area contributed by atoms with E-state index in [9.17, 15) is 4.79 Å². The van der Waals surface area contributed by atoms with Gasteiger partial charge in [0.05, 0.1) is 12.0 Å². The molecule has 98 valence electrons. The minimum atomic E-state index is -0.201. The van der Waals surface area contributed by atoms with E-state index >= 15 is 0 Å². The van der Waals surface area contributed by atoms with Gasteiger partial charge in [-0.1, -0.05) is 30.3 Å². The third-order valence-corrected chi connectivity index (χ3v) is 3.13. The largest absolute Gasteiger partial charge is 0.295 e. The van der Waals surface area contributed by atoms with Crippen LogP contribution in [0.4, 0.5) is 5.95 Å². The molecule has 7 nitrogen and oxygen atoms in total. The van der Waals surface area contributed by atoms with Crippen molar-refractivity contribution in [2.24, 2.45) is 5.92 Å². The number of carbonyl (C=O) groups is 1. The van der Waals surface area contributed by atoms with E-state index in [4.69, 9.17) is 0 Å². The molecule has 19 heavy (non-hydrogen) atoms. The molecule has 1 fully saturated rings. The lowest BCUT2D eigenvalue weighted by Gasteiger charge is -2.17. The maximum absolute atomic E-state index is 12.2. The van der Waals surface area contributed by atoms with Crippen LogP contribution < -0.4 is 16.2 Å². The van der Waals surface area contributed by atoms with Crippen molar-refractivity contribution in [1.29, 1.82) is 0 Å². The molecule has 0 radical (unpaired) electrons. The van der Waals surface area contributed by atoms with Crippen LogP contribution in [0.2, 0.25) is 0 Å². The molecule has 7 heteroatoms. The van der Waals surface area contributed by atoms with Crippen LogP contribution in [0.25, 0.3) is 0 Å². The molecule has 1 amide bonds. The van der Waals surface area contributed by atoms with E-state index in [2.05, 4.69) is 31.3 Å². The zero-order chi connectivity index (χ0) is 13.1. The van der Waals surface area contributed by atoms with Gasteiger partial charge in [-0.3, -0.25) is 15.5 Å². The average molecular weight is 258 g/mol. The van der Waals surface area contributed by atoms with Crippen LogP contribution >= 0.6 is 0 Å². The number of anilines is 1. The number of nitrogens with one attached hydrogen (secondary N) is 4. The molecule has 0 spiro atoms. The molecule has 1 aromatic heterocycles. The fraction of sp³-hybridized carbons (Fsp3) is 0.250. The Morgan fingerprint density at radius 2 is 2.16 bits per heavy atom. The lowest BCUT2D eigenvalue weighted by molar-refractivity contribution is -0.119. The lowest BCUT2D eigenvalue weighted by atomic mass is 9.94. The third-order valence-electron chi connectivity index (χ3n) is 3.13. The number of carbonyl (C=O) groups excluding carboxylic acids is 1. The predicted octanol–water partition coefficient (Wildman–Crippen LogP) is 0.209. The van der Waals surface area contributed by atoms with Crippen molar-refractivity contribution < 1.29 is 4.79 Å². The first-order chi connectivity index (χ1) is 9.34. The number of benzene rings is 1. The molecule has 1 aliphatic rings. The van der Waals surface area contributed by atoms with Gasteiger partial charge in [0, 0.05) is 6.54 Å². The number of nitrogens with zero attached hydrogens (tertiary/aromatic N) is 2. The molecule has 2 heterocycles. The molecule has 1 saturated heterocycles. The van der Waals surface area contributed by atoms with Gasteiger partial charge in [0.1, 0.15) is 6.33 Å². The van der Waals surface area contributed by atoms with E-state index in [1.165, 1.54) is 6.33 Å². The van der Waals surface area contributed by atoms with E-state index in [0.717, 1.165) is 5.56 Å². The van der Waals surface area contributed by atoms with Gasteiger partial charge < -0.3 is 0 Å². The second-order valence-corrected chi connectivity index (χ2v) is 4.34. The Labute approximate surface area is 109 Å². The summed E-state index contributed by atoms with van der Waals surface area (Å²) in [6, 6.07) is 9.82. The first kappa shape index (κ1) is 11.8. The predicted molar refractivity (Wildman–Crippen MR) is 68.8 cm³/mol. The first-order valence-electron chi connectivity index (χ1n) is 6.04. The number of aromatic nitrogens is 3. The Morgan fingerprint density at radius 3 is 2.89 bits per heavy atom. The van der Waals surface area contributed by atoms with E-state index in [0.29, 0.717) is 12.5 Å². The average Bonchev–Trinajstić information content (AvgIpc) is 3.10. The number of rotatable bonds is 3. The highest BCUT2D eigenvalue weighted by Gasteiger charge is 2.34. The van der Waals surface area contributed by atoms with Crippen molar-refractivity contribution in [3.63, 3.8) is 0 Å². The van der Waals surface area contributed by atoms with Crippen LogP contribution in [-0.4, -0.2) is 27.6 Å². The van der Waals surface area contributed by atoms with Crippen LogP contribution in [0, 0.1) is 5.92 Å². The molecular formula is C12H14N6O. The summed E-state index contributed by atoms with van der Waals surface area (Å²) in [6.07, 6.45) is 1.36. The summed E-state index contributed by atoms with van der Waals surface area (Å²) in [5.74, 6) is 0.0688. The molecule has 3 rings (SSSR count). The van der Waals surface area contributed by atoms with E-state index in [-0.39, 0.29) is 17.9 Å². The van der Waals surface area contributed by atoms with E-state index < -0.39 is 0 Å². The SMILES string of the molecule is O=C(Nc1ncn[nH]1)C1CNNC1c1ccccc1. The topological polar surface area (TPSA) is 94.7 Å². The molecule has 4 N–H and O–H groups in total.